The number of benzene rings is 2. The first-order chi connectivity index (χ1) is 9.44. The van der Waals surface area contributed by atoms with Gasteiger partial charge in [-0.05, 0) is 37.3 Å². The molecule has 1 nitrogen and oxygen atoms in total. The SMILES string of the molecule is C=CC(F)(F)c1cccc(Oc2ccc(C)cc2)c1F. The predicted molar refractivity (Wildman–Crippen MR) is 71.7 cm³/mol. The van der Waals surface area contributed by atoms with Crippen LogP contribution in [0, 0.1) is 12.7 Å². The average molecular weight is 278 g/mol. The van der Waals surface area contributed by atoms with E-state index in [1.807, 2.05) is 6.92 Å². The number of halogens is 3. The fourth-order valence-electron chi connectivity index (χ4n) is 1.69. The molecule has 0 heterocycles. The molecule has 0 spiro atoms. The maximum Gasteiger partial charge on any atom is 0.294 e. The summed E-state index contributed by atoms with van der Waals surface area (Å²) in [5, 5.41) is 0. The summed E-state index contributed by atoms with van der Waals surface area (Å²) in [4.78, 5) is 0. The van der Waals surface area contributed by atoms with E-state index >= 15 is 0 Å². The van der Waals surface area contributed by atoms with Gasteiger partial charge in [-0.2, -0.15) is 8.78 Å². The van der Waals surface area contributed by atoms with Crippen molar-refractivity contribution in [2.24, 2.45) is 0 Å². The molecule has 0 aliphatic rings. The summed E-state index contributed by atoms with van der Waals surface area (Å²) in [6, 6.07) is 10.5. The Bertz CT molecular complexity index is 618. The number of allylic oxidation sites excluding steroid dienone is 1. The van der Waals surface area contributed by atoms with E-state index in [4.69, 9.17) is 4.74 Å². The molecule has 0 bridgehead atoms. The van der Waals surface area contributed by atoms with Crippen molar-refractivity contribution in [3.63, 3.8) is 0 Å². The third-order valence-corrected chi connectivity index (χ3v) is 2.83. The molecule has 0 aromatic heterocycles. The number of alkyl halides is 2. The number of hydrogen-bond acceptors (Lipinski definition) is 1. The molecular formula is C16H13F3O. The Hall–Kier alpha value is -2.23. The van der Waals surface area contributed by atoms with Gasteiger partial charge in [0.2, 0.25) is 0 Å². The molecule has 4 heteroatoms. The highest BCUT2D eigenvalue weighted by atomic mass is 19.3. The Labute approximate surface area is 115 Å². The van der Waals surface area contributed by atoms with Gasteiger partial charge in [0.05, 0.1) is 5.56 Å². The van der Waals surface area contributed by atoms with Crippen LogP contribution in [-0.4, -0.2) is 0 Å². The fourth-order valence-corrected chi connectivity index (χ4v) is 1.69. The quantitative estimate of drug-likeness (QED) is 0.698. The van der Waals surface area contributed by atoms with Crippen molar-refractivity contribution in [3.05, 3.63) is 72.1 Å². The molecule has 104 valence electrons. The summed E-state index contributed by atoms with van der Waals surface area (Å²) in [6.45, 7) is 4.91. The predicted octanol–water partition coefficient (Wildman–Crippen LogP) is 5.20. The Balaban J connectivity index is 2.36. The van der Waals surface area contributed by atoms with Gasteiger partial charge in [0.25, 0.3) is 5.92 Å². The van der Waals surface area contributed by atoms with E-state index in [0.717, 1.165) is 11.6 Å². The molecule has 0 aliphatic heterocycles. The molecule has 2 aromatic rings. The highest BCUT2D eigenvalue weighted by molar-refractivity contribution is 5.39. The van der Waals surface area contributed by atoms with Crippen molar-refractivity contribution in [2.45, 2.75) is 12.8 Å². The van der Waals surface area contributed by atoms with Gasteiger partial charge >= 0.3 is 0 Å². The van der Waals surface area contributed by atoms with Crippen LogP contribution in [0.4, 0.5) is 13.2 Å². The van der Waals surface area contributed by atoms with Gasteiger partial charge in [-0.15, -0.1) is 0 Å². The standard InChI is InChI=1S/C16H13F3O/c1-3-16(18,19)13-5-4-6-14(15(13)17)20-12-9-7-11(2)8-10-12/h3-10H,1H2,2H3. The minimum atomic E-state index is -3.43. The number of ether oxygens (including phenoxy) is 1. The first-order valence-electron chi connectivity index (χ1n) is 5.99. The van der Waals surface area contributed by atoms with Gasteiger partial charge in [0.1, 0.15) is 5.75 Å². The third-order valence-electron chi connectivity index (χ3n) is 2.83. The van der Waals surface area contributed by atoms with Crippen LogP contribution >= 0.6 is 0 Å². The van der Waals surface area contributed by atoms with E-state index < -0.39 is 17.3 Å². The van der Waals surface area contributed by atoms with E-state index in [2.05, 4.69) is 6.58 Å². The van der Waals surface area contributed by atoms with E-state index in [-0.39, 0.29) is 5.75 Å². The lowest BCUT2D eigenvalue weighted by atomic mass is 10.1. The summed E-state index contributed by atoms with van der Waals surface area (Å²) < 4.78 is 46.4. The smallest absolute Gasteiger partial charge is 0.294 e. The summed E-state index contributed by atoms with van der Waals surface area (Å²) in [5.41, 5.74) is 0.266. The monoisotopic (exact) mass is 278 g/mol. The minimum Gasteiger partial charge on any atom is -0.454 e. The Morgan fingerprint density at radius 1 is 1.10 bits per heavy atom. The Morgan fingerprint density at radius 2 is 1.75 bits per heavy atom. The molecule has 0 aliphatic carbocycles. The van der Waals surface area contributed by atoms with Crippen LogP contribution in [0.2, 0.25) is 0 Å². The van der Waals surface area contributed by atoms with Crippen molar-refractivity contribution in [3.8, 4) is 11.5 Å². The summed E-state index contributed by atoms with van der Waals surface area (Å²) in [6.07, 6.45) is 0.404. The lowest BCUT2D eigenvalue weighted by Crippen LogP contribution is -2.12. The van der Waals surface area contributed by atoms with Crippen LogP contribution in [-0.2, 0) is 5.92 Å². The molecule has 0 atom stereocenters. The first-order valence-corrected chi connectivity index (χ1v) is 5.99. The fraction of sp³-hybridized carbons (Fsp3) is 0.125. The van der Waals surface area contributed by atoms with Crippen LogP contribution in [0.5, 0.6) is 11.5 Å². The molecule has 2 aromatic carbocycles. The van der Waals surface area contributed by atoms with Crippen LogP contribution in [0.3, 0.4) is 0 Å². The van der Waals surface area contributed by atoms with Gasteiger partial charge in [0.15, 0.2) is 11.6 Å². The lowest BCUT2D eigenvalue weighted by molar-refractivity contribution is 0.0480. The number of rotatable bonds is 4. The van der Waals surface area contributed by atoms with Crippen molar-refractivity contribution < 1.29 is 17.9 Å². The first kappa shape index (κ1) is 14.2. The topological polar surface area (TPSA) is 9.23 Å². The molecule has 0 amide bonds. The van der Waals surface area contributed by atoms with Crippen molar-refractivity contribution in [2.75, 3.05) is 0 Å². The largest absolute Gasteiger partial charge is 0.454 e. The zero-order valence-corrected chi connectivity index (χ0v) is 10.9. The molecule has 0 fully saturated rings. The zero-order valence-electron chi connectivity index (χ0n) is 10.9. The van der Waals surface area contributed by atoms with Crippen LogP contribution in [0.1, 0.15) is 11.1 Å². The molecule has 0 N–H and O–H groups in total. The molecule has 0 unspecified atom stereocenters. The highest BCUT2D eigenvalue weighted by Gasteiger charge is 2.32. The van der Waals surface area contributed by atoms with Gasteiger partial charge < -0.3 is 4.74 Å². The molecule has 2 rings (SSSR count). The second kappa shape index (κ2) is 5.41. The van der Waals surface area contributed by atoms with Crippen LogP contribution < -0.4 is 4.74 Å². The van der Waals surface area contributed by atoms with Crippen LogP contribution in [0.15, 0.2) is 55.1 Å². The van der Waals surface area contributed by atoms with E-state index in [9.17, 15) is 13.2 Å². The molecule has 0 saturated heterocycles. The normalized spacial score (nSPS) is 11.2. The maximum atomic E-state index is 14.1. The molecule has 0 saturated carbocycles. The number of hydrogen-bond donors (Lipinski definition) is 0. The van der Waals surface area contributed by atoms with Crippen LogP contribution in [0.25, 0.3) is 0 Å². The summed E-state index contributed by atoms with van der Waals surface area (Å²) in [5.74, 6) is -4.38. The Kier molecular flexibility index (Phi) is 3.84. The minimum absolute atomic E-state index is 0.243. The van der Waals surface area contributed by atoms with Crippen molar-refractivity contribution in [1.29, 1.82) is 0 Å². The lowest BCUT2D eigenvalue weighted by Gasteiger charge is -2.15. The van der Waals surface area contributed by atoms with E-state index in [1.165, 1.54) is 12.1 Å². The van der Waals surface area contributed by atoms with E-state index in [1.54, 1.807) is 24.3 Å². The van der Waals surface area contributed by atoms with Crippen molar-refractivity contribution in [1.82, 2.24) is 0 Å². The highest BCUT2D eigenvalue weighted by Crippen LogP contribution is 2.35. The van der Waals surface area contributed by atoms with Gasteiger partial charge in [-0.25, -0.2) is 4.39 Å². The summed E-state index contributed by atoms with van der Waals surface area (Å²) >= 11 is 0. The zero-order chi connectivity index (χ0) is 14.8. The van der Waals surface area contributed by atoms with E-state index in [0.29, 0.717) is 11.8 Å². The second-order valence-corrected chi connectivity index (χ2v) is 4.36. The molecule has 0 radical (unpaired) electrons. The second-order valence-electron chi connectivity index (χ2n) is 4.36. The maximum absolute atomic E-state index is 14.1. The van der Waals surface area contributed by atoms with Crippen molar-refractivity contribution >= 4 is 0 Å². The Morgan fingerprint density at radius 3 is 2.35 bits per heavy atom. The summed E-state index contributed by atoms with van der Waals surface area (Å²) in [7, 11) is 0. The average Bonchev–Trinajstić information content (AvgIpc) is 2.43. The van der Waals surface area contributed by atoms with Gasteiger partial charge in [-0.1, -0.05) is 30.3 Å². The third kappa shape index (κ3) is 2.85. The molecular weight excluding hydrogens is 265 g/mol. The van der Waals surface area contributed by atoms with Gasteiger partial charge in [0, 0.05) is 0 Å². The molecule has 20 heavy (non-hydrogen) atoms. The number of aryl methyl sites for hydroxylation is 1. The van der Waals surface area contributed by atoms with Gasteiger partial charge in [-0.3, -0.25) is 0 Å².